The van der Waals surface area contributed by atoms with Crippen LogP contribution in [0.2, 0.25) is 0 Å². The van der Waals surface area contributed by atoms with E-state index in [4.69, 9.17) is 4.74 Å². The minimum atomic E-state index is -0.287. The quantitative estimate of drug-likeness (QED) is 0.833. The highest BCUT2D eigenvalue weighted by Gasteiger charge is 2.55. The molecule has 24 heavy (non-hydrogen) atoms. The molecule has 0 saturated carbocycles. The molecule has 4 aliphatic heterocycles. The van der Waals surface area contributed by atoms with Gasteiger partial charge in [0.05, 0.1) is 6.54 Å². The Labute approximate surface area is 145 Å². The SMILES string of the molecule is O=C1O[C@]2(CN3CCC2CC3)CN1c1ccc(-c2ccccc2)s1. The summed E-state index contributed by atoms with van der Waals surface area (Å²) in [6.07, 6.45) is 2.13. The van der Waals surface area contributed by atoms with Crippen molar-refractivity contribution in [2.45, 2.75) is 18.4 Å². The maximum atomic E-state index is 12.6. The highest BCUT2D eigenvalue weighted by atomic mass is 32.1. The second-order valence-electron chi connectivity index (χ2n) is 7.07. The van der Waals surface area contributed by atoms with Gasteiger partial charge in [-0.1, -0.05) is 30.3 Å². The van der Waals surface area contributed by atoms with Crippen molar-refractivity contribution in [1.82, 2.24) is 4.90 Å². The molecule has 5 heteroatoms. The molecule has 6 rings (SSSR count). The first-order chi connectivity index (χ1) is 11.7. The smallest absolute Gasteiger partial charge is 0.415 e. The Kier molecular flexibility index (Phi) is 3.22. The number of fused-ring (bicyclic) bond motifs is 2. The Morgan fingerprint density at radius 2 is 1.83 bits per heavy atom. The number of thiophene rings is 1. The number of nitrogens with zero attached hydrogens (tertiary/aromatic N) is 2. The van der Waals surface area contributed by atoms with Gasteiger partial charge >= 0.3 is 6.09 Å². The summed E-state index contributed by atoms with van der Waals surface area (Å²) in [4.78, 5) is 18.0. The number of carbonyl (C=O) groups is 1. The third-order valence-corrected chi connectivity index (χ3v) is 6.83. The Balaban J connectivity index is 1.42. The number of anilines is 1. The molecule has 1 atom stereocenters. The number of piperidine rings is 3. The van der Waals surface area contributed by atoms with Crippen LogP contribution in [0.1, 0.15) is 12.8 Å². The van der Waals surface area contributed by atoms with E-state index in [0.29, 0.717) is 12.5 Å². The third-order valence-electron chi connectivity index (χ3n) is 5.68. The van der Waals surface area contributed by atoms with Gasteiger partial charge in [0, 0.05) is 17.3 Å². The largest absolute Gasteiger partial charge is 0.439 e. The summed E-state index contributed by atoms with van der Waals surface area (Å²) in [6, 6.07) is 14.5. The lowest BCUT2D eigenvalue weighted by Crippen LogP contribution is -2.61. The van der Waals surface area contributed by atoms with Crippen LogP contribution in [0.3, 0.4) is 0 Å². The van der Waals surface area contributed by atoms with Crippen molar-refractivity contribution in [2.75, 3.05) is 31.1 Å². The second-order valence-corrected chi connectivity index (χ2v) is 8.14. The number of hydrogen-bond acceptors (Lipinski definition) is 4. The summed E-state index contributed by atoms with van der Waals surface area (Å²) in [5.41, 5.74) is 0.906. The molecular formula is C19H20N2O2S. The summed E-state index contributed by atoms with van der Waals surface area (Å²) < 4.78 is 5.96. The average Bonchev–Trinajstić information content (AvgIpc) is 3.22. The molecule has 1 aromatic heterocycles. The molecule has 1 spiro atoms. The van der Waals surface area contributed by atoms with E-state index in [1.54, 1.807) is 11.3 Å². The van der Waals surface area contributed by atoms with Crippen LogP contribution >= 0.6 is 11.3 Å². The minimum Gasteiger partial charge on any atom is -0.439 e. The number of amides is 1. The van der Waals surface area contributed by atoms with Crippen LogP contribution < -0.4 is 4.90 Å². The van der Waals surface area contributed by atoms with Gasteiger partial charge in [-0.15, -0.1) is 11.3 Å². The lowest BCUT2D eigenvalue weighted by atomic mass is 9.75. The molecular weight excluding hydrogens is 320 g/mol. The third kappa shape index (κ3) is 2.19. The monoisotopic (exact) mass is 340 g/mol. The molecule has 2 aromatic rings. The van der Waals surface area contributed by atoms with Crippen molar-refractivity contribution < 1.29 is 9.53 Å². The van der Waals surface area contributed by atoms with E-state index >= 15 is 0 Å². The van der Waals surface area contributed by atoms with E-state index in [0.717, 1.165) is 37.5 Å². The number of carbonyl (C=O) groups excluding carboxylic acids is 1. The Morgan fingerprint density at radius 1 is 1.04 bits per heavy atom. The molecule has 2 bridgehead atoms. The highest BCUT2D eigenvalue weighted by molar-refractivity contribution is 7.19. The minimum absolute atomic E-state index is 0.176. The fourth-order valence-corrected chi connectivity index (χ4v) is 5.41. The maximum Gasteiger partial charge on any atom is 0.415 e. The molecule has 4 saturated heterocycles. The maximum absolute atomic E-state index is 12.6. The van der Waals surface area contributed by atoms with Crippen molar-refractivity contribution in [2.24, 2.45) is 5.92 Å². The molecule has 0 N–H and O–H groups in total. The van der Waals surface area contributed by atoms with Gasteiger partial charge in [-0.25, -0.2) is 4.79 Å². The van der Waals surface area contributed by atoms with Gasteiger partial charge in [0.2, 0.25) is 0 Å². The van der Waals surface area contributed by atoms with Crippen molar-refractivity contribution in [3.05, 3.63) is 42.5 Å². The average molecular weight is 340 g/mol. The highest BCUT2D eigenvalue weighted by Crippen LogP contribution is 2.45. The zero-order valence-corrected chi connectivity index (χ0v) is 14.3. The standard InChI is InChI=1S/C19H20N2O2S/c22-18-21(13-19(23-18)12-20-10-8-15(19)9-11-20)17-7-6-16(24-17)14-4-2-1-3-5-14/h1-7,15H,8-13H2/t19-/m1/s1. The van der Waals surface area contributed by atoms with Crippen LogP contribution in [0.5, 0.6) is 0 Å². The lowest BCUT2D eigenvalue weighted by molar-refractivity contribution is -0.0881. The summed E-state index contributed by atoms with van der Waals surface area (Å²) >= 11 is 1.67. The van der Waals surface area contributed by atoms with Crippen LogP contribution in [0.25, 0.3) is 10.4 Å². The molecule has 0 unspecified atom stereocenters. The number of hydrogen-bond donors (Lipinski definition) is 0. The molecule has 1 aromatic carbocycles. The first-order valence-electron chi connectivity index (χ1n) is 8.62. The summed E-state index contributed by atoms with van der Waals surface area (Å²) in [6.45, 7) is 3.90. The van der Waals surface area contributed by atoms with Crippen LogP contribution in [-0.2, 0) is 4.74 Å². The van der Waals surface area contributed by atoms with Gasteiger partial charge in [0.1, 0.15) is 10.6 Å². The summed E-state index contributed by atoms with van der Waals surface area (Å²) in [5, 5.41) is 0.993. The zero-order chi connectivity index (χ0) is 16.1. The van der Waals surface area contributed by atoms with Gasteiger partial charge in [-0.05, 0) is 43.6 Å². The Morgan fingerprint density at radius 3 is 2.54 bits per heavy atom. The Bertz CT molecular complexity index is 767. The molecule has 4 fully saturated rings. The first kappa shape index (κ1) is 14.5. The number of ether oxygens (including phenoxy) is 1. The van der Waals surface area contributed by atoms with Gasteiger partial charge in [-0.3, -0.25) is 9.80 Å². The van der Waals surface area contributed by atoms with E-state index in [-0.39, 0.29) is 11.7 Å². The van der Waals surface area contributed by atoms with Gasteiger partial charge in [-0.2, -0.15) is 0 Å². The predicted octanol–water partition coefficient (Wildman–Crippen LogP) is 3.84. The molecule has 4 aliphatic rings. The zero-order valence-electron chi connectivity index (χ0n) is 13.5. The van der Waals surface area contributed by atoms with Gasteiger partial charge < -0.3 is 4.74 Å². The molecule has 0 aliphatic carbocycles. The van der Waals surface area contributed by atoms with Crippen LogP contribution in [-0.4, -0.2) is 42.8 Å². The molecule has 0 radical (unpaired) electrons. The van der Waals surface area contributed by atoms with Crippen molar-refractivity contribution in [1.29, 1.82) is 0 Å². The second kappa shape index (κ2) is 5.33. The van der Waals surface area contributed by atoms with E-state index in [2.05, 4.69) is 29.2 Å². The fraction of sp³-hybridized carbons (Fsp3) is 0.421. The van der Waals surface area contributed by atoms with Gasteiger partial charge in [0.25, 0.3) is 0 Å². The predicted molar refractivity (Wildman–Crippen MR) is 95.5 cm³/mol. The van der Waals surface area contributed by atoms with Crippen molar-refractivity contribution in [3.8, 4) is 10.4 Å². The summed E-state index contributed by atoms with van der Waals surface area (Å²) in [5.74, 6) is 0.519. The molecule has 4 nitrogen and oxygen atoms in total. The molecule has 1 amide bonds. The lowest BCUT2D eigenvalue weighted by Gasteiger charge is -2.49. The number of rotatable bonds is 2. The van der Waals surface area contributed by atoms with Gasteiger partial charge in [0.15, 0.2) is 0 Å². The fourth-order valence-electron chi connectivity index (χ4n) is 4.41. The molecule has 124 valence electrons. The molecule has 5 heterocycles. The van der Waals surface area contributed by atoms with E-state index in [9.17, 15) is 4.79 Å². The van der Waals surface area contributed by atoms with E-state index in [1.165, 1.54) is 10.4 Å². The van der Waals surface area contributed by atoms with Crippen molar-refractivity contribution >= 4 is 22.4 Å². The number of benzene rings is 1. The normalized spacial score (nSPS) is 31.7. The topological polar surface area (TPSA) is 32.8 Å². The van der Waals surface area contributed by atoms with Crippen molar-refractivity contribution in [3.63, 3.8) is 0 Å². The summed E-state index contributed by atoms with van der Waals surface area (Å²) in [7, 11) is 0. The van der Waals surface area contributed by atoms with Crippen LogP contribution in [0.4, 0.5) is 9.80 Å². The Hall–Kier alpha value is -1.85. The van der Waals surface area contributed by atoms with Crippen LogP contribution in [0.15, 0.2) is 42.5 Å². The van der Waals surface area contributed by atoms with E-state index < -0.39 is 0 Å². The van der Waals surface area contributed by atoms with Crippen LogP contribution in [0, 0.1) is 5.92 Å². The van der Waals surface area contributed by atoms with E-state index in [1.807, 2.05) is 23.1 Å². The first-order valence-corrected chi connectivity index (χ1v) is 9.43.